The van der Waals surface area contributed by atoms with Crippen LogP contribution in [-0.4, -0.2) is 15.6 Å². The van der Waals surface area contributed by atoms with Crippen molar-refractivity contribution in [1.29, 1.82) is 0 Å². The third-order valence-corrected chi connectivity index (χ3v) is 5.10. The van der Waals surface area contributed by atoms with Crippen LogP contribution in [0.15, 0.2) is 42.7 Å². The number of nitrogen functional groups attached to an aromatic ring is 1. The van der Waals surface area contributed by atoms with Crippen molar-refractivity contribution in [2.24, 2.45) is 7.05 Å². The van der Waals surface area contributed by atoms with Gasteiger partial charge in [-0.15, -0.1) is 11.3 Å². The summed E-state index contributed by atoms with van der Waals surface area (Å²) in [6.07, 6.45) is 5.61. The van der Waals surface area contributed by atoms with Crippen LogP contribution in [0.4, 0.5) is 15.8 Å². The molecule has 1 aliphatic rings. The number of nitrogens with two attached hydrogens (primary N) is 1. The molecule has 25 heavy (non-hydrogen) atoms. The van der Waals surface area contributed by atoms with Gasteiger partial charge in [0, 0.05) is 37.2 Å². The second kappa shape index (κ2) is 5.93. The Morgan fingerprint density at radius 2 is 2.20 bits per heavy atom. The summed E-state index contributed by atoms with van der Waals surface area (Å²) in [5.41, 5.74) is 6.93. The molecule has 0 aliphatic carbocycles. The van der Waals surface area contributed by atoms with E-state index in [0.717, 1.165) is 21.3 Å². The van der Waals surface area contributed by atoms with Crippen LogP contribution >= 0.6 is 11.3 Å². The third kappa shape index (κ3) is 2.87. The Morgan fingerprint density at radius 3 is 2.92 bits per heavy atom. The molecule has 3 heterocycles. The van der Waals surface area contributed by atoms with Crippen LogP contribution in [0.5, 0.6) is 5.75 Å². The van der Waals surface area contributed by atoms with Crippen LogP contribution in [0.2, 0.25) is 0 Å². The lowest BCUT2D eigenvalue weighted by Gasteiger charge is -2.21. The zero-order chi connectivity index (χ0) is 17.6. The van der Waals surface area contributed by atoms with Crippen molar-refractivity contribution in [2.75, 3.05) is 11.1 Å². The number of imidazole rings is 1. The van der Waals surface area contributed by atoms with Gasteiger partial charge in [-0.25, -0.2) is 9.37 Å². The van der Waals surface area contributed by atoms with E-state index in [1.54, 1.807) is 29.7 Å². The normalized spacial score (nSPS) is 16.1. The van der Waals surface area contributed by atoms with Gasteiger partial charge in [0.25, 0.3) is 0 Å². The molecule has 0 fully saturated rings. The van der Waals surface area contributed by atoms with E-state index in [2.05, 4.69) is 16.4 Å². The first-order chi connectivity index (χ1) is 12.0. The number of nitrogens with zero attached hydrogens (tertiary/aromatic N) is 2. The number of benzene rings is 1. The van der Waals surface area contributed by atoms with Crippen molar-refractivity contribution in [2.45, 2.75) is 13.0 Å². The second-order valence-electron chi connectivity index (χ2n) is 5.97. The smallest absolute Gasteiger partial charge is 0.167 e. The first-order valence-electron chi connectivity index (χ1n) is 7.84. The van der Waals surface area contributed by atoms with Crippen molar-refractivity contribution in [3.8, 4) is 16.5 Å². The summed E-state index contributed by atoms with van der Waals surface area (Å²) < 4.78 is 21.9. The predicted molar refractivity (Wildman–Crippen MR) is 99.0 cm³/mol. The highest BCUT2D eigenvalue weighted by atomic mass is 32.1. The number of hydrogen-bond donors (Lipinski definition) is 2. The summed E-state index contributed by atoms with van der Waals surface area (Å²) in [5.74, 6) is 1.20. The van der Waals surface area contributed by atoms with E-state index in [1.165, 1.54) is 6.07 Å². The number of anilines is 2. The fourth-order valence-corrected chi connectivity index (χ4v) is 3.91. The topological polar surface area (TPSA) is 65.1 Å². The molecule has 0 radical (unpaired) electrons. The summed E-state index contributed by atoms with van der Waals surface area (Å²) in [7, 11) is 1.95. The molecule has 3 aromatic rings. The molecule has 0 saturated carbocycles. The van der Waals surface area contributed by atoms with Crippen LogP contribution in [0.1, 0.15) is 11.8 Å². The zero-order valence-electron chi connectivity index (χ0n) is 13.8. The Hall–Kier alpha value is -2.80. The Balaban J connectivity index is 1.72. The Labute approximate surface area is 148 Å². The van der Waals surface area contributed by atoms with E-state index in [1.807, 2.05) is 30.8 Å². The van der Waals surface area contributed by atoms with Gasteiger partial charge in [0.15, 0.2) is 11.6 Å². The average Bonchev–Trinajstić information content (AvgIpc) is 3.15. The molecular weight excluding hydrogens is 339 g/mol. The van der Waals surface area contributed by atoms with Crippen LogP contribution < -0.4 is 15.8 Å². The summed E-state index contributed by atoms with van der Waals surface area (Å²) in [4.78, 5) is 6.34. The highest BCUT2D eigenvalue weighted by molar-refractivity contribution is 7.17. The maximum atomic E-state index is 14.1. The SMILES string of the molecule is CC1C=C(Oc2ccc(N)cc2F)c2sc(-c3nccn3C)cc2N1. The monoisotopic (exact) mass is 356 g/mol. The van der Waals surface area contributed by atoms with E-state index < -0.39 is 5.82 Å². The number of nitrogens with one attached hydrogen (secondary N) is 1. The largest absolute Gasteiger partial charge is 0.453 e. The highest BCUT2D eigenvalue weighted by Gasteiger charge is 2.23. The van der Waals surface area contributed by atoms with Gasteiger partial charge in [0.2, 0.25) is 0 Å². The molecule has 7 heteroatoms. The number of fused-ring (bicyclic) bond motifs is 1. The molecule has 5 nitrogen and oxygen atoms in total. The lowest BCUT2D eigenvalue weighted by atomic mass is 10.1. The minimum Gasteiger partial charge on any atom is -0.453 e. The van der Waals surface area contributed by atoms with E-state index in [-0.39, 0.29) is 11.8 Å². The first-order valence-corrected chi connectivity index (χ1v) is 8.66. The van der Waals surface area contributed by atoms with Gasteiger partial charge >= 0.3 is 0 Å². The zero-order valence-corrected chi connectivity index (χ0v) is 14.6. The van der Waals surface area contributed by atoms with Gasteiger partial charge in [0.1, 0.15) is 11.6 Å². The van der Waals surface area contributed by atoms with Crippen molar-refractivity contribution in [3.63, 3.8) is 0 Å². The molecule has 1 aliphatic heterocycles. The van der Waals surface area contributed by atoms with Crippen LogP contribution in [0, 0.1) is 5.82 Å². The Bertz CT molecular complexity index is 975. The van der Waals surface area contributed by atoms with Gasteiger partial charge in [-0.1, -0.05) is 0 Å². The van der Waals surface area contributed by atoms with E-state index in [9.17, 15) is 4.39 Å². The minimum absolute atomic E-state index is 0.0724. The summed E-state index contributed by atoms with van der Waals surface area (Å²) in [6.45, 7) is 2.02. The number of hydrogen-bond acceptors (Lipinski definition) is 5. The maximum absolute atomic E-state index is 14.1. The molecule has 0 spiro atoms. The van der Waals surface area contributed by atoms with E-state index >= 15 is 0 Å². The van der Waals surface area contributed by atoms with Crippen molar-refractivity contribution in [1.82, 2.24) is 9.55 Å². The van der Waals surface area contributed by atoms with Crippen molar-refractivity contribution < 1.29 is 9.13 Å². The predicted octanol–water partition coefficient (Wildman–Crippen LogP) is 4.10. The lowest BCUT2D eigenvalue weighted by molar-refractivity contribution is 0.465. The molecule has 0 saturated heterocycles. The minimum atomic E-state index is -0.477. The standard InChI is InChI=1S/C18H17FN4OS/c1-10-7-15(24-14-4-3-11(20)8-12(14)19)17-13(22-10)9-16(25-17)18-21-5-6-23(18)2/h3-10,22H,20H2,1-2H3. The fourth-order valence-electron chi connectivity index (χ4n) is 2.78. The number of halogens is 1. The highest BCUT2D eigenvalue weighted by Crippen LogP contribution is 2.42. The van der Waals surface area contributed by atoms with Gasteiger partial charge in [-0.3, -0.25) is 0 Å². The lowest BCUT2D eigenvalue weighted by Crippen LogP contribution is -2.18. The summed E-state index contributed by atoms with van der Waals surface area (Å²) in [6, 6.07) is 6.55. The Morgan fingerprint density at radius 1 is 1.36 bits per heavy atom. The quantitative estimate of drug-likeness (QED) is 0.694. The first kappa shape index (κ1) is 15.7. The summed E-state index contributed by atoms with van der Waals surface area (Å²) in [5, 5.41) is 3.40. The number of thiophene rings is 1. The molecule has 0 amide bonds. The van der Waals surface area contributed by atoms with Gasteiger partial charge in [0.05, 0.1) is 15.4 Å². The number of ether oxygens (including phenoxy) is 1. The van der Waals surface area contributed by atoms with Crippen molar-refractivity contribution in [3.05, 3.63) is 53.4 Å². The van der Waals surface area contributed by atoms with E-state index in [0.29, 0.717) is 11.4 Å². The number of rotatable bonds is 3. The molecule has 1 unspecified atom stereocenters. The van der Waals surface area contributed by atoms with Gasteiger partial charge in [-0.05, 0) is 31.2 Å². The van der Waals surface area contributed by atoms with Crippen LogP contribution in [0.25, 0.3) is 16.5 Å². The second-order valence-corrected chi connectivity index (χ2v) is 7.02. The number of aryl methyl sites for hydroxylation is 1. The van der Waals surface area contributed by atoms with Gasteiger partial charge < -0.3 is 20.4 Å². The van der Waals surface area contributed by atoms with E-state index in [4.69, 9.17) is 10.5 Å². The molecule has 3 N–H and O–H groups in total. The molecule has 0 bridgehead atoms. The fraction of sp³-hybridized carbons (Fsp3) is 0.167. The maximum Gasteiger partial charge on any atom is 0.167 e. The van der Waals surface area contributed by atoms with Crippen LogP contribution in [0.3, 0.4) is 0 Å². The van der Waals surface area contributed by atoms with Crippen molar-refractivity contribution >= 4 is 28.5 Å². The van der Waals surface area contributed by atoms with Crippen LogP contribution in [-0.2, 0) is 7.05 Å². The third-order valence-electron chi connectivity index (χ3n) is 3.96. The molecule has 2 aromatic heterocycles. The molecular formula is C18H17FN4OS. The number of aromatic nitrogens is 2. The average molecular weight is 356 g/mol. The Kier molecular flexibility index (Phi) is 3.73. The molecule has 128 valence electrons. The molecule has 1 aromatic carbocycles. The summed E-state index contributed by atoms with van der Waals surface area (Å²) >= 11 is 1.56. The van der Waals surface area contributed by atoms with Gasteiger partial charge in [-0.2, -0.15) is 0 Å². The molecule has 4 rings (SSSR count). The molecule has 1 atom stereocenters.